The third-order valence-electron chi connectivity index (χ3n) is 2.11. The van der Waals surface area contributed by atoms with Gasteiger partial charge in [-0.25, -0.2) is 4.79 Å². The summed E-state index contributed by atoms with van der Waals surface area (Å²) in [5.74, 6) is -1.13. The Morgan fingerprint density at radius 2 is 2.06 bits per heavy atom. The molecular formula is C10H7Cl2N3O2. The number of carboxylic acid groups (broad SMARTS) is 1. The Kier molecular flexibility index (Phi) is 3.04. The Bertz CT molecular complexity index is 595. The number of halogens is 2. The molecule has 0 saturated carbocycles. The maximum absolute atomic E-state index is 10.8. The van der Waals surface area contributed by atoms with Crippen LogP contribution in [-0.4, -0.2) is 26.1 Å². The molecule has 0 fully saturated rings. The Morgan fingerprint density at radius 3 is 2.59 bits per heavy atom. The molecule has 0 saturated heterocycles. The molecule has 0 unspecified atom stereocenters. The van der Waals surface area contributed by atoms with Crippen LogP contribution in [0.25, 0.3) is 5.69 Å². The van der Waals surface area contributed by atoms with Crippen molar-refractivity contribution in [1.29, 1.82) is 0 Å². The minimum absolute atomic E-state index is 0.101. The van der Waals surface area contributed by atoms with Crippen LogP contribution in [-0.2, 0) is 0 Å². The summed E-state index contributed by atoms with van der Waals surface area (Å²) in [5.41, 5.74) is 0.700. The van der Waals surface area contributed by atoms with Crippen LogP contribution in [0.5, 0.6) is 0 Å². The summed E-state index contributed by atoms with van der Waals surface area (Å²) < 4.78 is 0. The van der Waals surface area contributed by atoms with Gasteiger partial charge in [0.1, 0.15) is 5.69 Å². The van der Waals surface area contributed by atoms with Crippen LogP contribution >= 0.6 is 23.2 Å². The minimum Gasteiger partial charge on any atom is -0.476 e. The van der Waals surface area contributed by atoms with Crippen molar-refractivity contribution in [3.05, 3.63) is 39.6 Å². The fourth-order valence-electron chi connectivity index (χ4n) is 1.33. The van der Waals surface area contributed by atoms with Gasteiger partial charge in [-0.1, -0.05) is 23.2 Å². The number of aromatic nitrogens is 3. The van der Waals surface area contributed by atoms with Crippen molar-refractivity contribution >= 4 is 29.2 Å². The van der Waals surface area contributed by atoms with Gasteiger partial charge in [-0.2, -0.15) is 5.10 Å². The van der Waals surface area contributed by atoms with Gasteiger partial charge < -0.3 is 5.11 Å². The van der Waals surface area contributed by atoms with E-state index in [9.17, 15) is 4.79 Å². The lowest BCUT2D eigenvalue weighted by Gasteiger charge is -2.02. The van der Waals surface area contributed by atoms with Crippen molar-refractivity contribution in [2.24, 2.45) is 0 Å². The van der Waals surface area contributed by atoms with E-state index in [2.05, 4.69) is 10.2 Å². The van der Waals surface area contributed by atoms with Crippen LogP contribution in [0.3, 0.4) is 0 Å². The molecule has 0 aliphatic heterocycles. The van der Waals surface area contributed by atoms with Crippen molar-refractivity contribution in [3.8, 4) is 5.69 Å². The van der Waals surface area contributed by atoms with Gasteiger partial charge in [0.2, 0.25) is 0 Å². The predicted molar refractivity (Wildman–Crippen MR) is 63.1 cm³/mol. The average molecular weight is 272 g/mol. The Morgan fingerprint density at radius 1 is 1.35 bits per heavy atom. The molecule has 0 bridgehead atoms. The molecule has 88 valence electrons. The van der Waals surface area contributed by atoms with E-state index in [-0.39, 0.29) is 5.69 Å². The molecule has 0 radical (unpaired) electrons. The van der Waals surface area contributed by atoms with Gasteiger partial charge in [0.25, 0.3) is 0 Å². The Hall–Kier alpha value is -1.59. The average Bonchev–Trinajstić information content (AvgIpc) is 2.60. The molecule has 1 aromatic carbocycles. The van der Waals surface area contributed by atoms with Gasteiger partial charge in [0.05, 0.1) is 10.7 Å². The zero-order valence-electron chi connectivity index (χ0n) is 8.69. The number of carboxylic acids is 1. The number of aryl methyl sites for hydroxylation is 1. The fourth-order valence-corrected chi connectivity index (χ4v) is 1.81. The highest BCUT2D eigenvalue weighted by Gasteiger charge is 2.16. The van der Waals surface area contributed by atoms with E-state index in [1.807, 2.05) is 0 Å². The third-order valence-corrected chi connectivity index (χ3v) is 2.65. The van der Waals surface area contributed by atoms with Gasteiger partial charge in [-0.05, 0) is 25.1 Å². The van der Waals surface area contributed by atoms with E-state index in [1.165, 1.54) is 10.9 Å². The number of hydrogen-bond acceptors (Lipinski definition) is 3. The lowest BCUT2D eigenvalue weighted by atomic mass is 10.3. The maximum Gasteiger partial charge on any atom is 0.358 e. The molecule has 1 aromatic heterocycles. The molecular weight excluding hydrogens is 265 g/mol. The minimum atomic E-state index is -1.13. The second-order valence-corrected chi connectivity index (χ2v) is 4.17. The molecule has 1 N–H and O–H groups in total. The first-order valence-electron chi connectivity index (χ1n) is 4.61. The first-order valence-corrected chi connectivity index (χ1v) is 5.37. The second-order valence-electron chi connectivity index (χ2n) is 3.32. The molecule has 17 heavy (non-hydrogen) atoms. The van der Waals surface area contributed by atoms with Crippen LogP contribution in [0.2, 0.25) is 10.0 Å². The Labute approximate surface area is 107 Å². The van der Waals surface area contributed by atoms with E-state index in [4.69, 9.17) is 28.3 Å². The fraction of sp³-hybridized carbons (Fsp3) is 0.100. The number of hydrogen-bond donors (Lipinski definition) is 1. The summed E-state index contributed by atoms with van der Waals surface area (Å²) in [4.78, 5) is 12.0. The SMILES string of the molecule is Cc1nn(-c2ccc(Cl)cc2Cl)nc1C(=O)O. The summed E-state index contributed by atoms with van der Waals surface area (Å²) in [6.45, 7) is 1.57. The largest absolute Gasteiger partial charge is 0.476 e. The maximum atomic E-state index is 10.8. The lowest BCUT2D eigenvalue weighted by Crippen LogP contribution is -2.02. The van der Waals surface area contributed by atoms with E-state index in [0.29, 0.717) is 21.4 Å². The summed E-state index contributed by atoms with van der Waals surface area (Å²) in [6.07, 6.45) is 0. The van der Waals surface area contributed by atoms with Gasteiger partial charge >= 0.3 is 5.97 Å². The quantitative estimate of drug-likeness (QED) is 0.912. The smallest absolute Gasteiger partial charge is 0.358 e. The zero-order valence-corrected chi connectivity index (χ0v) is 10.2. The van der Waals surface area contributed by atoms with Crippen molar-refractivity contribution in [3.63, 3.8) is 0 Å². The van der Waals surface area contributed by atoms with Crippen LogP contribution in [0, 0.1) is 6.92 Å². The van der Waals surface area contributed by atoms with E-state index in [1.54, 1.807) is 19.1 Å². The molecule has 2 rings (SSSR count). The van der Waals surface area contributed by atoms with Crippen molar-refractivity contribution in [2.75, 3.05) is 0 Å². The van der Waals surface area contributed by atoms with E-state index >= 15 is 0 Å². The summed E-state index contributed by atoms with van der Waals surface area (Å²) in [7, 11) is 0. The summed E-state index contributed by atoms with van der Waals surface area (Å²) in [6, 6.07) is 4.79. The first-order chi connectivity index (χ1) is 7.99. The molecule has 1 heterocycles. The van der Waals surface area contributed by atoms with E-state index in [0.717, 1.165) is 0 Å². The predicted octanol–water partition coefficient (Wildman–Crippen LogP) is 2.58. The number of nitrogens with zero attached hydrogens (tertiary/aromatic N) is 3. The third kappa shape index (κ3) is 2.25. The number of aromatic carboxylic acids is 1. The van der Waals surface area contributed by atoms with Gasteiger partial charge in [0.15, 0.2) is 5.69 Å². The topological polar surface area (TPSA) is 68.0 Å². The van der Waals surface area contributed by atoms with Gasteiger partial charge in [-0.3, -0.25) is 0 Å². The molecule has 0 amide bonds. The van der Waals surface area contributed by atoms with Gasteiger partial charge in [-0.15, -0.1) is 9.90 Å². The monoisotopic (exact) mass is 271 g/mol. The van der Waals surface area contributed by atoms with Crippen LogP contribution in [0.4, 0.5) is 0 Å². The Balaban J connectivity index is 2.53. The highest BCUT2D eigenvalue weighted by Crippen LogP contribution is 2.23. The number of benzene rings is 1. The second kappa shape index (κ2) is 4.35. The molecule has 7 heteroatoms. The van der Waals surface area contributed by atoms with Crippen LogP contribution < -0.4 is 0 Å². The van der Waals surface area contributed by atoms with Crippen molar-refractivity contribution in [2.45, 2.75) is 6.92 Å². The summed E-state index contributed by atoms with van der Waals surface area (Å²) >= 11 is 11.7. The highest BCUT2D eigenvalue weighted by molar-refractivity contribution is 6.35. The highest BCUT2D eigenvalue weighted by atomic mass is 35.5. The molecule has 5 nitrogen and oxygen atoms in total. The van der Waals surface area contributed by atoms with Crippen molar-refractivity contribution < 1.29 is 9.90 Å². The van der Waals surface area contributed by atoms with Crippen LogP contribution in [0.15, 0.2) is 18.2 Å². The summed E-state index contributed by atoms with van der Waals surface area (Å²) in [5, 5.41) is 17.5. The number of carbonyl (C=O) groups is 1. The van der Waals surface area contributed by atoms with Crippen LogP contribution in [0.1, 0.15) is 16.2 Å². The molecule has 2 aromatic rings. The van der Waals surface area contributed by atoms with Crippen molar-refractivity contribution in [1.82, 2.24) is 15.0 Å². The number of rotatable bonds is 2. The standard InChI is InChI=1S/C10H7Cl2N3O2/c1-5-9(10(16)17)14-15(13-5)8-3-2-6(11)4-7(8)12/h2-4H,1H3,(H,16,17). The molecule has 0 spiro atoms. The van der Waals surface area contributed by atoms with Gasteiger partial charge in [0, 0.05) is 5.02 Å². The first kappa shape index (κ1) is 11.9. The lowest BCUT2D eigenvalue weighted by molar-refractivity contribution is 0.0689. The molecule has 0 atom stereocenters. The van der Waals surface area contributed by atoms with E-state index < -0.39 is 5.97 Å². The molecule has 0 aliphatic rings. The normalized spacial score (nSPS) is 10.5. The zero-order chi connectivity index (χ0) is 12.6. The molecule has 0 aliphatic carbocycles.